The lowest BCUT2D eigenvalue weighted by Crippen LogP contribution is -2.39. The van der Waals surface area contributed by atoms with Gasteiger partial charge >= 0.3 is 0 Å². The molecule has 1 aliphatic rings. The van der Waals surface area contributed by atoms with Gasteiger partial charge in [0.25, 0.3) is 0 Å². The van der Waals surface area contributed by atoms with Crippen molar-refractivity contribution in [3.05, 3.63) is 59.4 Å². The molecule has 0 atom stereocenters. The molecule has 2 heterocycles. The molecule has 0 aliphatic carbocycles. The van der Waals surface area contributed by atoms with Crippen LogP contribution in [0.4, 0.5) is 15.9 Å². The summed E-state index contributed by atoms with van der Waals surface area (Å²) in [6, 6.07) is 15.1. The van der Waals surface area contributed by atoms with E-state index >= 15 is 0 Å². The molecule has 24 heavy (non-hydrogen) atoms. The highest BCUT2D eigenvalue weighted by Crippen LogP contribution is 2.27. The fraction of sp³-hybridized carbons (Fsp3) is 0.263. The summed E-state index contributed by atoms with van der Waals surface area (Å²) in [5.74, 6) is 0.936. The molecule has 1 fully saturated rings. The lowest BCUT2D eigenvalue weighted by molar-refractivity contribution is 0.524. The van der Waals surface area contributed by atoms with Crippen molar-refractivity contribution in [1.82, 2.24) is 4.98 Å². The fourth-order valence-corrected chi connectivity index (χ4v) is 3.52. The Morgan fingerprint density at radius 3 is 2.71 bits per heavy atom. The van der Waals surface area contributed by atoms with Crippen LogP contribution in [0.2, 0.25) is 5.02 Å². The zero-order chi connectivity index (χ0) is 16.5. The van der Waals surface area contributed by atoms with E-state index in [2.05, 4.69) is 21.3 Å². The van der Waals surface area contributed by atoms with Gasteiger partial charge in [-0.3, -0.25) is 0 Å². The largest absolute Gasteiger partial charge is 0.382 e. The Bertz CT molecular complexity index is 853. The third-order valence-corrected chi connectivity index (χ3v) is 4.83. The van der Waals surface area contributed by atoms with E-state index in [0.29, 0.717) is 6.04 Å². The second-order valence-electron chi connectivity index (χ2n) is 6.30. The van der Waals surface area contributed by atoms with E-state index < -0.39 is 0 Å². The molecule has 1 saturated heterocycles. The smallest absolute Gasteiger partial charge is 0.125 e. The van der Waals surface area contributed by atoms with Gasteiger partial charge < -0.3 is 15.2 Å². The Balaban J connectivity index is 1.41. The van der Waals surface area contributed by atoms with Gasteiger partial charge in [-0.15, -0.1) is 0 Å². The van der Waals surface area contributed by atoms with Gasteiger partial charge in [-0.2, -0.15) is 0 Å². The molecule has 5 heteroatoms. The molecule has 2 aromatic carbocycles. The number of hydrogen-bond donors (Lipinski definition) is 2. The second-order valence-corrected chi connectivity index (χ2v) is 6.74. The Hall–Kier alpha value is -2.20. The second kappa shape index (κ2) is 6.36. The molecule has 0 amide bonds. The zero-order valence-corrected chi connectivity index (χ0v) is 14.0. The molecule has 2 N–H and O–H groups in total. The molecule has 0 unspecified atom stereocenters. The standard InChI is InChI=1S/C19H19ClFN3/c20-14-4-5-18-13(10-14)11-19(23-18)24-8-6-16(7-9-24)22-17-3-1-2-15(21)12-17/h1-5,10-12,16,22-23H,6-9H2. The molecule has 0 radical (unpaired) electrons. The highest BCUT2D eigenvalue weighted by Gasteiger charge is 2.20. The molecule has 3 aromatic rings. The van der Waals surface area contributed by atoms with Crippen LogP contribution in [0.5, 0.6) is 0 Å². The maximum Gasteiger partial charge on any atom is 0.125 e. The highest BCUT2D eigenvalue weighted by atomic mass is 35.5. The SMILES string of the molecule is Fc1cccc(NC2CCN(c3cc4cc(Cl)ccc4[nH]3)CC2)c1. The monoisotopic (exact) mass is 343 g/mol. The van der Waals surface area contributed by atoms with E-state index in [4.69, 9.17) is 11.6 Å². The molecular weight excluding hydrogens is 325 g/mol. The number of fused-ring (bicyclic) bond motifs is 1. The number of benzene rings is 2. The van der Waals surface area contributed by atoms with E-state index in [1.165, 1.54) is 6.07 Å². The zero-order valence-electron chi connectivity index (χ0n) is 13.2. The summed E-state index contributed by atoms with van der Waals surface area (Å²) in [5.41, 5.74) is 1.96. The molecule has 3 nitrogen and oxygen atoms in total. The topological polar surface area (TPSA) is 31.1 Å². The number of hydrogen-bond acceptors (Lipinski definition) is 2. The number of H-pyrrole nitrogens is 1. The number of nitrogens with one attached hydrogen (secondary N) is 2. The average Bonchev–Trinajstić information content (AvgIpc) is 2.98. The van der Waals surface area contributed by atoms with E-state index in [0.717, 1.165) is 53.4 Å². The summed E-state index contributed by atoms with van der Waals surface area (Å²) in [7, 11) is 0. The minimum absolute atomic E-state index is 0.200. The van der Waals surface area contributed by atoms with Crippen molar-refractivity contribution in [2.75, 3.05) is 23.3 Å². The van der Waals surface area contributed by atoms with Crippen molar-refractivity contribution in [2.24, 2.45) is 0 Å². The van der Waals surface area contributed by atoms with Crippen LogP contribution in [0.25, 0.3) is 10.9 Å². The van der Waals surface area contributed by atoms with Gasteiger partial charge in [-0.25, -0.2) is 4.39 Å². The normalized spacial score (nSPS) is 15.8. The van der Waals surface area contributed by atoms with Gasteiger partial charge in [0.1, 0.15) is 11.6 Å². The van der Waals surface area contributed by atoms with Crippen LogP contribution in [0.15, 0.2) is 48.5 Å². The summed E-state index contributed by atoms with van der Waals surface area (Å²) in [6.45, 7) is 1.93. The summed E-state index contributed by atoms with van der Waals surface area (Å²) in [6.07, 6.45) is 2.04. The predicted molar refractivity (Wildman–Crippen MR) is 98.6 cm³/mol. The molecule has 1 aromatic heterocycles. The molecule has 0 bridgehead atoms. The number of nitrogens with zero attached hydrogens (tertiary/aromatic N) is 1. The Kier molecular flexibility index (Phi) is 4.07. The quantitative estimate of drug-likeness (QED) is 0.698. The number of piperidine rings is 1. The summed E-state index contributed by atoms with van der Waals surface area (Å²) in [5, 5.41) is 5.33. The average molecular weight is 344 g/mol. The van der Waals surface area contributed by atoms with Gasteiger partial charge in [-0.05, 0) is 55.3 Å². The van der Waals surface area contributed by atoms with Gasteiger partial charge in [0.05, 0.1) is 0 Å². The first-order valence-corrected chi connectivity index (χ1v) is 8.60. The van der Waals surface area contributed by atoms with E-state index in [9.17, 15) is 4.39 Å². The lowest BCUT2D eigenvalue weighted by Gasteiger charge is -2.33. The number of aromatic nitrogens is 1. The van der Waals surface area contributed by atoms with Crippen molar-refractivity contribution in [3.63, 3.8) is 0 Å². The minimum atomic E-state index is -0.200. The number of rotatable bonds is 3. The highest BCUT2D eigenvalue weighted by molar-refractivity contribution is 6.31. The van der Waals surface area contributed by atoms with Crippen LogP contribution in [0.3, 0.4) is 0 Å². The van der Waals surface area contributed by atoms with Crippen molar-refractivity contribution >= 4 is 34.0 Å². The molecule has 4 rings (SSSR count). The van der Waals surface area contributed by atoms with Crippen LogP contribution in [-0.2, 0) is 0 Å². The molecule has 0 spiro atoms. The number of anilines is 2. The van der Waals surface area contributed by atoms with Crippen molar-refractivity contribution in [1.29, 1.82) is 0 Å². The summed E-state index contributed by atoms with van der Waals surface area (Å²) in [4.78, 5) is 5.82. The van der Waals surface area contributed by atoms with Crippen LogP contribution < -0.4 is 10.2 Å². The van der Waals surface area contributed by atoms with Crippen molar-refractivity contribution < 1.29 is 4.39 Å². The third kappa shape index (κ3) is 3.20. The minimum Gasteiger partial charge on any atom is -0.382 e. The van der Waals surface area contributed by atoms with Gasteiger partial charge in [-0.1, -0.05) is 17.7 Å². The molecule has 124 valence electrons. The van der Waals surface area contributed by atoms with Gasteiger partial charge in [0, 0.05) is 40.7 Å². The van der Waals surface area contributed by atoms with Crippen molar-refractivity contribution in [3.8, 4) is 0 Å². The maximum atomic E-state index is 13.3. The molecule has 1 aliphatic heterocycles. The van der Waals surface area contributed by atoms with Gasteiger partial charge in [0.15, 0.2) is 0 Å². The Morgan fingerprint density at radius 2 is 1.92 bits per heavy atom. The predicted octanol–water partition coefficient (Wildman–Crippen LogP) is 5.04. The van der Waals surface area contributed by atoms with Crippen LogP contribution in [-0.4, -0.2) is 24.1 Å². The summed E-state index contributed by atoms with van der Waals surface area (Å²) >= 11 is 6.06. The van der Waals surface area contributed by atoms with Gasteiger partial charge in [0.2, 0.25) is 0 Å². The summed E-state index contributed by atoms with van der Waals surface area (Å²) < 4.78 is 13.3. The van der Waals surface area contributed by atoms with E-state index in [1.807, 2.05) is 24.3 Å². The maximum absolute atomic E-state index is 13.3. The Labute approximate surface area is 145 Å². The first kappa shape index (κ1) is 15.3. The first-order valence-electron chi connectivity index (χ1n) is 8.23. The van der Waals surface area contributed by atoms with Crippen LogP contribution >= 0.6 is 11.6 Å². The lowest BCUT2D eigenvalue weighted by atomic mass is 10.0. The molecule has 0 saturated carbocycles. The van der Waals surface area contributed by atoms with Crippen LogP contribution in [0.1, 0.15) is 12.8 Å². The first-order chi connectivity index (χ1) is 11.7. The fourth-order valence-electron chi connectivity index (χ4n) is 3.34. The number of aromatic amines is 1. The van der Waals surface area contributed by atoms with Crippen molar-refractivity contribution in [2.45, 2.75) is 18.9 Å². The van der Waals surface area contributed by atoms with E-state index in [1.54, 1.807) is 12.1 Å². The van der Waals surface area contributed by atoms with E-state index in [-0.39, 0.29) is 5.82 Å². The molecular formula is C19H19ClFN3. The van der Waals surface area contributed by atoms with Crippen LogP contribution in [0, 0.1) is 5.82 Å². The third-order valence-electron chi connectivity index (χ3n) is 4.60. The number of halogens is 2. The Morgan fingerprint density at radius 1 is 1.08 bits per heavy atom.